The van der Waals surface area contributed by atoms with Gasteiger partial charge in [0.25, 0.3) is 0 Å². The van der Waals surface area contributed by atoms with Crippen molar-refractivity contribution in [3.8, 4) is 0 Å². The van der Waals surface area contributed by atoms with Crippen molar-refractivity contribution in [3.05, 3.63) is 23.3 Å². The third kappa shape index (κ3) is 2.06. The molecular formula is C16H24N2. The zero-order chi connectivity index (χ0) is 12.8. The van der Waals surface area contributed by atoms with Crippen LogP contribution in [0.15, 0.2) is 6.20 Å². The second kappa shape index (κ2) is 4.32. The zero-order valence-corrected chi connectivity index (χ0v) is 11.9. The third-order valence-electron chi connectivity index (χ3n) is 4.61. The van der Waals surface area contributed by atoms with Crippen molar-refractivity contribution >= 4 is 0 Å². The summed E-state index contributed by atoms with van der Waals surface area (Å²) in [6, 6.07) is 0. The zero-order valence-electron chi connectivity index (χ0n) is 11.9. The summed E-state index contributed by atoms with van der Waals surface area (Å²) in [5.41, 5.74) is 2.88. The molecule has 0 spiro atoms. The van der Waals surface area contributed by atoms with Crippen LogP contribution >= 0.6 is 0 Å². The van der Waals surface area contributed by atoms with Crippen molar-refractivity contribution in [2.45, 2.75) is 70.6 Å². The van der Waals surface area contributed by atoms with Gasteiger partial charge in [0.05, 0.1) is 5.69 Å². The molecule has 2 aliphatic carbocycles. The summed E-state index contributed by atoms with van der Waals surface area (Å²) in [5.74, 6) is 2.65. The Hall–Kier alpha value is -0.920. The van der Waals surface area contributed by atoms with E-state index in [1.807, 2.05) is 0 Å². The van der Waals surface area contributed by atoms with E-state index in [0.717, 1.165) is 17.7 Å². The van der Waals surface area contributed by atoms with E-state index in [0.29, 0.717) is 0 Å². The van der Waals surface area contributed by atoms with E-state index < -0.39 is 0 Å². The maximum Gasteiger partial charge on any atom is 0.133 e. The summed E-state index contributed by atoms with van der Waals surface area (Å²) in [4.78, 5) is 9.55. The SMILES string of the molecule is CC(C)(C)c1ncc2c(n1)C1CCCCC1CC2. The van der Waals surface area contributed by atoms with Crippen LogP contribution in [-0.2, 0) is 11.8 Å². The number of fused-ring (bicyclic) bond motifs is 3. The van der Waals surface area contributed by atoms with Gasteiger partial charge in [-0.15, -0.1) is 0 Å². The lowest BCUT2D eigenvalue weighted by molar-refractivity contribution is 0.268. The second-order valence-electron chi connectivity index (χ2n) is 7.04. The van der Waals surface area contributed by atoms with Crippen LogP contribution in [0.25, 0.3) is 0 Å². The average Bonchev–Trinajstić information content (AvgIpc) is 2.37. The molecule has 0 radical (unpaired) electrons. The fourth-order valence-corrected chi connectivity index (χ4v) is 3.55. The number of aryl methyl sites for hydroxylation is 1. The molecule has 18 heavy (non-hydrogen) atoms. The van der Waals surface area contributed by atoms with Crippen molar-refractivity contribution in [3.63, 3.8) is 0 Å². The first-order chi connectivity index (χ1) is 8.55. The topological polar surface area (TPSA) is 25.8 Å². The van der Waals surface area contributed by atoms with Crippen molar-refractivity contribution in [2.24, 2.45) is 5.92 Å². The summed E-state index contributed by atoms with van der Waals surface area (Å²) < 4.78 is 0. The summed E-state index contributed by atoms with van der Waals surface area (Å²) in [5, 5.41) is 0. The summed E-state index contributed by atoms with van der Waals surface area (Å²) in [6.07, 6.45) is 10.2. The predicted octanol–water partition coefficient (Wildman–Crippen LogP) is 3.99. The third-order valence-corrected chi connectivity index (χ3v) is 4.61. The molecule has 0 aromatic carbocycles. The molecule has 1 aromatic heterocycles. The first-order valence-corrected chi connectivity index (χ1v) is 7.42. The molecule has 2 atom stereocenters. The van der Waals surface area contributed by atoms with Gasteiger partial charge in [0.15, 0.2) is 0 Å². The maximum absolute atomic E-state index is 4.96. The van der Waals surface area contributed by atoms with Gasteiger partial charge < -0.3 is 0 Å². The molecule has 1 heterocycles. The Labute approximate surface area is 110 Å². The monoisotopic (exact) mass is 244 g/mol. The normalized spacial score (nSPS) is 27.5. The molecular weight excluding hydrogens is 220 g/mol. The maximum atomic E-state index is 4.96. The van der Waals surface area contributed by atoms with Gasteiger partial charge in [0, 0.05) is 17.5 Å². The summed E-state index contributed by atoms with van der Waals surface area (Å²) >= 11 is 0. The molecule has 1 fully saturated rings. The molecule has 1 aromatic rings. The fourth-order valence-electron chi connectivity index (χ4n) is 3.55. The van der Waals surface area contributed by atoms with Crippen molar-refractivity contribution in [1.29, 1.82) is 0 Å². The van der Waals surface area contributed by atoms with E-state index in [2.05, 4.69) is 32.0 Å². The van der Waals surface area contributed by atoms with Crippen LogP contribution in [0.1, 0.15) is 75.9 Å². The van der Waals surface area contributed by atoms with Gasteiger partial charge >= 0.3 is 0 Å². The summed E-state index contributed by atoms with van der Waals surface area (Å²) in [6.45, 7) is 6.61. The van der Waals surface area contributed by atoms with Gasteiger partial charge in [-0.2, -0.15) is 0 Å². The largest absolute Gasteiger partial charge is 0.241 e. The Morgan fingerprint density at radius 2 is 1.89 bits per heavy atom. The number of nitrogens with zero attached hydrogens (tertiary/aromatic N) is 2. The highest BCUT2D eigenvalue weighted by Gasteiger charge is 2.33. The molecule has 0 bridgehead atoms. The molecule has 2 heteroatoms. The van der Waals surface area contributed by atoms with E-state index in [1.165, 1.54) is 49.8 Å². The molecule has 0 saturated heterocycles. The van der Waals surface area contributed by atoms with Crippen molar-refractivity contribution < 1.29 is 0 Å². The van der Waals surface area contributed by atoms with Crippen LogP contribution in [0.3, 0.4) is 0 Å². The van der Waals surface area contributed by atoms with Crippen LogP contribution in [0, 0.1) is 5.92 Å². The van der Waals surface area contributed by atoms with Crippen molar-refractivity contribution in [1.82, 2.24) is 9.97 Å². The molecule has 1 saturated carbocycles. The highest BCUT2D eigenvalue weighted by atomic mass is 14.9. The van der Waals surface area contributed by atoms with Gasteiger partial charge in [0.1, 0.15) is 5.82 Å². The highest BCUT2D eigenvalue weighted by Crippen LogP contribution is 2.44. The van der Waals surface area contributed by atoms with E-state index in [1.54, 1.807) is 0 Å². The van der Waals surface area contributed by atoms with Gasteiger partial charge in [0.2, 0.25) is 0 Å². The van der Waals surface area contributed by atoms with Crippen LogP contribution in [0.5, 0.6) is 0 Å². The van der Waals surface area contributed by atoms with Crippen LogP contribution in [0.4, 0.5) is 0 Å². The highest BCUT2D eigenvalue weighted by molar-refractivity contribution is 5.27. The molecule has 3 rings (SSSR count). The molecule has 2 unspecified atom stereocenters. The van der Waals surface area contributed by atoms with Gasteiger partial charge in [-0.1, -0.05) is 33.6 Å². The molecule has 0 aliphatic heterocycles. The lowest BCUT2D eigenvalue weighted by Crippen LogP contribution is -2.27. The van der Waals surface area contributed by atoms with E-state index in [9.17, 15) is 0 Å². The first kappa shape index (κ1) is 12.1. The van der Waals surface area contributed by atoms with Gasteiger partial charge in [-0.3, -0.25) is 0 Å². The first-order valence-electron chi connectivity index (χ1n) is 7.42. The Bertz CT molecular complexity index is 445. The quantitative estimate of drug-likeness (QED) is 0.689. The molecule has 0 amide bonds. The minimum atomic E-state index is 0.0661. The molecule has 2 aliphatic rings. The summed E-state index contributed by atoms with van der Waals surface area (Å²) in [7, 11) is 0. The standard InChI is InChI=1S/C16H24N2/c1-16(2,3)15-17-10-12-9-8-11-6-4-5-7-13(11)14(12)18-15/h10-11,13H,4-9H2,1-3H3. The van der Waals surface area contributed by atoms with Crippen molar-refractivity contribution in [2.75, 3.05) is 0 Å². The van der Waals surface area contributed by atoms with E-state index in [4.69, 9.17) is 4.98 Å². The smallest absolute Gasteiger partial charge is 0.133 e. The fraction of sp³-hybridized carbons (Fsp3) is 0.750. The number of hydrogen-bond donors (Lipinski definition) is 0. The Morgan fingerprint density at radius 1 is 1.11 bits per heavy atom. The van der Waals surface area contributed by atoms with Gasteiger partial charge in [-0.25, -0.2) is 9.97 Å². The molecule has 2 nitrogen and oxygen atoms in total. The van der Waals surface area contributed by atoms with Crippen LogP contribution in [-0.4, -0.2) is 9.97 Å². The van der Waals surface area contributed by atoms with E-state index in [-0.39, 0.29) is 5.41 Å². The lowest BCUT2D eigenvalue weighted by Gasteiger charge is -2.36. The average molecular weight is 244 g/mol. The van der Waals surface area contributed by atoms with E-state index >= 15 is 0 Å². The number of rotatable bonds is 0. The van der Waals surface area contributed by atoms with Crippen LogP contribution in [0.2, 0.25) is 0 Å². The minimum Gasteiger partial charge on any atom is -0.241 e. The lowest BCUT2D eigenvalue weighted by atomic mass is 9.70. The van der Waals surface area contributed by atoms with Crippen LogP contribution < -0.4 is 0 Å². The number of hydrogen-bond acceptors (Lipinski definition) is 2. The number of aromatic nitrogens is 2. The Kier molecular flexibility index (Phi) is 2.91. The Morgan fingerprint density at radius 3 is 2.67 bits per heavy atom. The van der Waals surface area contributed by atoms with Gasteiger partial charge in [-0.05, 0) is 37.2 Å². The molecule has 0 N–H and O–H groups in total. The molecule has 98 valence electrons. The predicted molar refractivity (Wildman–Crippen MR) is 73.8 cm³/mol. The second-order valence-corrected chi connectivity index (χ2v) is 7.04. The Balaban J connectivity index is 2.00. The minimum absolute atomic E-state index is 0.0661.